The summed E-state index contributed by atoms with van der Waals surface area (Å²) in [4.78, 5) is 5.27. The van der Waals surface area contributed by atoms with Gasteiger partial charge in [0.15, 0.2) is 8.32 Å². The van der Waals surface area contributed by atoms with Crippen LogP contribution in [0.5, 0.6) is 5.75 Å². The van der Waals surface area contributed by atoms with Gasteiger partial charge in [0.05, 0.1) is 6.10 Å². The molecule has 1 aliphatic rings. The maximum Gasteiger partial charge on any atom is 0.192 e. The molecular weight excluding hydrogens is 474 g/mol. The summed E-state index contributed by atoms with van der Waals surface area (Å²) in [7, 11) is -2.02. The largest absolute Gasteiger partial charge is 0.488 e. The quantitative estimate of drug-likeness (QED) is 0.383. The summed E-state index contributed by atoms with van der Waals surface area (Å²) in [6.07, 6.45) is 1.11. The van der Waals surface area contributed by atoms with E-state index >= 15 is 0 Å². The monoisotopic (exact) mass is 525 g/mol. The molecule has 0 saturated heterocycles. The van der Waals surface area contributed by atoms with Gasteiger partial charge in [0.1, 0.15) is 17.5 Å². The Morgan fingerprint density at radius 2 is 1.59 bits per heavy atom. The Morgan fingerprint density at radius 3 is 2.08 bits per heavy atom. The first kappa shape index (κ1) is 29.9. The van der Waals surface area contributed by atoms with E-state index in [4.69, 9.17) is 14.1 Å². The van der Waals surface area contributed by atoms with E-state index in [9.17, 15) is 5.11 Å². The molecule has 1 heterocycles. The molecule has 0 radical (unpaired) electrons. The fourth-order valence-electron chi connectivity index (χ4n) is 5.17. The number of ether oxygens (including phenoxy) is 1. The van der Waals surface area contributed by atoms with Crippen molar-refractivity contribution in [3.63, 3.8) is 0 Å². The average molecular weight is 526 g/mol. The van der Waals surface area contributed by atoms with Gasteiger partial charge in [-0.15, -0.1) is 0 Å². The lowest BCUT2D eigenvalue weighted by Crippen LogP contribution is -2.44. The summed E-state index contributed by atoms with van der Waals surface area (Å²) in [6, 6.07) is 7.85. The topological polar surface area (TPSA) is 51.6 Å². The van der Waals surface area contributed by atoms with Crippen LogP contribution in [0.1, 0.15) is 127 Å². The van der Waals surface area contributed by atoms with E-state index in [0.717, 1.165) is 46.7 Å². The lowest BCUT2D eigenvalue weighted by molar-refractivity contribution is 0.105. The van der Waals surface area contributed by atoms with Crippen molar-refractivity contribution in [1.29, 1.82) is 0 Å². The summed E-state index contributed by atoms with van der Waals surface area (Å²) >= 11 is 0. The van der Waals surface area contributed by atoms with Gasteiger partial charge in [-0.25, -0.2) is 0 Å². The molecule has 37 heavy (non-hydrogen) atoms. The van der Waals surface area contributed by atoms with Crippen LogP contribution in [0.2, 0.25) is 18.1 Å². The van der Waals surface area contributed by atoms with Gasteiger partial charge in [0.2, 0.25) is 0 Å². The zero-order valence-electron chi connectivity index (χ0n) is 25.7. The molecule has 0 fully saturated rings. The van der Waals surface area contributed by atoms with Gasteiger partial charge >= 0.3 is 0 Å². The summed E-state index contributed by atoms with van der Waals surface area (Å²) in [6.45, 7) is 28.8. The van der Waals surface area contributed by atoms with E-state index < -0.39 is 14.4 Å². The summed E-state index contributed by atoms with van der Waals surface area (Å²) in [5.41, 5.74) is 6.10. The van der Waals surface area contributed by atoms with E-state index in [2.05, 4.69) is 68.5 Å². The predicted molar refractivity (Wildman–Crippen MR) is 157 cm³/mol. The normalized spacial score (nSPS) is 19.1. The van der Waals surface area contributed by atoms with E-state index in [1.54, 1.807) is 0 Å². The molecule has 4 nitrogen and oxygen atoms in total. The minimum atomic E-state index is -2.02. The molecule has 0 saturated carbocycles. The molecule has 2 unspecified atom stereocenters. The van der Waals surface area contributed by atoms with Crippen molar-refractivity contribution in [3.05, 3.63) is 57.9 Å². The second-order valence-corrected chi connectivity index (χ2v) is 19.4. The highest BCUT2D eigenvalue weighted by Crippen LogP contribution is 2.49. The molecule has 0 amide bonds. The summed E-state index contributed by atoms with van der Waals surface area (Å²) in [5.74, 6) is 1.000. The first-order valence-electron chi connectivity index (χ1n) is 13.9. The van der Waals surface area contributed by atoms with Crippen molar-refractivity contribution in [3.8, 4) is 5.75 Å². The fourth-order valence-corrected chi connectivity index (χ4v) is 6.43. The fraction of sp³-hybridized carbons (Fsp3) is 0.656. The predicted octanol–water partition coefficient (Wildman–Crippen LogP) is 8.81. The van der Waals surface area contributed by atoms with Gasteiger partial charge in [-0.05, 0) is 93.3 Å². The molecule has 1 aromatic carbocycles. The van der Waals surface area contributed by atoms with Crippen molar-refractivity contribution in [2.24, 2.45) is 5.41 Å². The van der Waals surface area contributed by atoms with Crippen molar-refractivity contribution < 1.29 is 14.3 Å². The lowest BCUT2D eigenvalue weighted by atomic mass is 9.72. The van der Waals surface area contributed by atoms with Crippen LogP contribution in [0.15, 0.2) is 24.3 Å². The smallest absolute Gasteiger partial charge is 0.192 e. The molecule has 0 aliphatic heterocycles. The molecule has 0 spiro atoms. The van der Waals surface area contributed by atoms with Gasteiger partial charge in [0, 0.05) is 22.5 Å². The lowest BCUT2D eigenvalue weighted by Gasteiger charge is -2.45. The second-order valence-electron chi connectivity index (χ2n) is 14.6. The first-order chi connectivity index (χ1) is 16.7. The van der Waals surface area contributed by atoms with Crippen LogP contribution in [0.3, 0.4) is 0 Å². The Kier molecular flexibility index (Phi) is 8.17. The number of aliphatic hydroxyl groups is 1. The second kappa shape index (κ2) is 10.1. The third kappa shape index (κ3) is 6.66. The molecule has 3 rings (SSSR count). The van der Waals surface area contributed by atoms with Gasteiger partial charge in [-0.1, -0.05) is 60.6 Å². The molecule has 2 aromatic rings. The Labute approximate surface area is 227 Å². The molecule has 1 N–H and O–H groups in total. The number of nitrogens with zero attached hydrogens (tertiary/aromatic N) is 1. The number of pyridine rings is 1. The number of aromatic nitrogens is 1. The minimum Gasteiger partial charge on any atom is -0.488 e. The third-order valence-corrected chi connectivity index (χ3v) is 12.5. The molecule has 5 heteroatoms. The van der Waals surface area contributed by atoms with E-state index in [1.807, 2.05) is 45.0 Å². The number of fused-ring (bicyclic) bond motifs is 1. The van der Waals surface area contributed by atoms with Crippen molar-refractivity contribution in [2.45, 2.75) is 131 Å². The van der Waals surface area contributed by atoms with Crippen LogP contribution in [-0.2, 0) is 10.8 Å². The van der Waals surface area contributed by atoms with Crippen molar-refractivity contribution in [1.82, 2.24) is 4.98 Å². The maximum absolute atomic E-state index is 11.8. The van der Waals surface area contributed by atoms with Crippen LogP contribution < -0.4 is 4.74 Å². The zero-order chi connectivity index (χ0) is 28.1. The Hall–Kier alpha value is -1.69. The van der Waals surface area contributed by atoms with Crippen LogP contribution >= 0.6 is 0 Å². The van der Waals surface area contributed by atoms with Gasteiger partial charge < -0.3 is 14.3 Å². The molecule has 0 bridgehead atoms. The highest BCUT2D eigenvalue weighted by atomic mass is 28.4. The first-order valence-corrected chi connectivity index (χ1v) is 16.8. The molecule has 1 aromatic heterocycles. The van der Waals surface area contributed by atoms with Crippen molar-refractivity contribution in [2.75, 3.05) is 0 Å². The Morgan fingerprint density at radius 1 is 1.03 bits per heavy atom. The highest BCUT2D eigenvalue weighted by Gasteiger charge is 2.44. The number of aliphatic hydroxyl groups excluding tert-OH is 1. The Balaban J connectivity index is 2.13. The molecule has 1 aliphatic carbocycles. The van der Waals surface area contributed by atoms with Gasteiger partial charge in [-0.3, -0.25) is 4.98 Å². The van der Waals surface area contributed by atoms with E-state index in [-0.39, 0.29) is 28.1 Å². The summed E-state index contributed by atoms with van der Waals surface area (Å²) < 4.78 is 13.1. The van der Waals surface area contributed by atoms with Gasteiger partial charge in [-0.2, -0.15) is 0 Å². The molecule has 206 valence electrons. The minimum absolute atomic E-state index is 0.0122. The Bertz CT molecular complexity index is 1100. The SMILES string of the molecule is Cc1c2c(nc(C(C)C)c1C(O)c1ccc(OC(C)(C)C)cc1)CC(C)(C)CC2O[Si](C)(C)C(C)(C)C. The van der Waals surface area contributed by atoms with Crippen LogP contribution in [0.4, 0.5) is 0 Å². The van der Waals surface area contributed by atoms with E-state index in [0.29, 0.717) is 0 Å². The zero-order valence-corrected chi connectivity index (χ0v) is 26.7. The van der Waals surface area contributed by atoms with Crippen LogP contribution in [0, 0.1) is 12.3 Å². The highest BCUT2D eigenvalue weighted by molar-refractivity contribution is 6.74. The summed E-state index contributed by atoms with van der Waals surface area (Å²) in [5, 5.41) is 11.9. The molecular formula is C32H51NO3Si. The number of hydrogen-bond acceptors (Lipinski definition) is 4. The average Bonchev–Trinajstić information content (AvgIpc) is 2.70. The number of rotatable bonds is 6. The van der Waals surface area contributed by atoms with Crippen molar-refractivity contribution >= 4 is 8.32 Å². The van der Waals surface area contributed by atoms with E-state index in [1.165, 1.54) is 5.56 Å². The number of benzene rings is 1. The van der Waals surface area contributed by atoms with Gasteiger partial charge in [0.25, 0.3) is 0 Å². The standard InChI is InChI=1S/C32H51NO3Si/c1-20(2)28-27(29(34)22-14-16-23(17-15-22)35-30(4,5)6)21(3)26-24(33-28)18-32(10,11)19-25(26)36-37(12,13)31(7,8)9/h14-17,20,25,29,34H,18-19H2,1-13H3. The van der Waals surface area contributed by atoms with Crippen LogP contribution in [0.25, 0.3) is 0 Å². The third-order valence-electron chi connectivity index (χ3n) is 8.04. The maximum atomic E-state index is 11.8. The number of hydrogen-bond donors (Lipinski definition) is 1. The van der Waals surface area contributed by atoms with Crippen LogP contribution in [-0.4, -0.2) is 24.0 Å². The molecule has 2 atom stereocenters.